The fourth-order valence-electron chi connectivity index (χ4n) is 3.38. The maximum absolute atomic E-state index is 12.9. The number of benzene rings is 1. The van der Waals surface area contributed by atoms with E-state index in [1.54, 1.807) is 11.3 Å². The molecule has 1 aliphatic heterocycles. The Hall–Kier alpha value is -2.07. The van der Waals surface area contributed by atoms with Crippen molar-refractivity contribution in [3.05, 3.63) is 58.6 Å². The van der Waals surface area contributed by atoms with Crippen molar-refractivity contribution in [1.29, 1.82) is 0 Å². The van der Waals surface area contributed by atoms with Crippen molar-refractivity contribution in [2.24, 2.45) is 0 Å². The average molecular weight is 324 g/mol. The molecule has 1 aliphatic rings. The van der Waals surface area contributed by atoms with Gasteiger partial charge in [-0.3, -0.25) is 4.79 Å². The molecule has 1 amide bonds. The van der Waals surface area contributed by atoms with Crippen molar-refractivity contribution in [3.8, 4) is 0 Å². The Labute approximate surface area is 140 Å². The van der Waals surface area contributed by atoms with Gasteiger partial charge in [-0.25, -0.2) is 0 Å². The second kappa shape index (κ2) is 5.85. The minimum absolute atomic E-state index is 0.179. The second-order valence-electron chi connectivity index (χ2n) is 6.29. The molecule has 0 aliphatic carbocycles. The highest BCUT2D eigenvalue weighted by atomic mass is 32.1. The fraction of sp³-hybridized carbons (Fsp3) is 0.316. The topological polar surface area (TPSA) is 25.2 Å². The lowest BCUT2D eigenvalue weighted by atomic mass is 10.1. The van der Waals surface area contributed by atoms with Crippen LogP contribution >= 0.6 is 11.3 Å². The van der Waals surface area contributed by atoms with Crippen LogP contribution < -0.4 is 0 Å². The zero-order valence-electron chi connectivity index (χ0n) is 13.3. The minimum Gasteiger partial charge on any atom is -0.337 e. The summed E-state index contributed by atoms with van der Waals surface area (Å²) >= 11 is 1.71. The lowest BCUT2D eigenvalue weighted by molar-refractivity contribution is 0.0783. The van der Waals surface area contributed by atoms with Crippen molar-refractivity contribution in [1.82, 2.24) is 9.47 Å². The van der Waals surface area contributed by atoms with Gasteiger partial charge in [-0.05, 0) is 42.8 Å². The van der Waals surface area contributed by atoms with Gasteiger partial charge in [0.1, 0.15) is 10.5 Å². The third kappa shape index (κ3) is 2.68. The molecule has 3 aromatic rings. The number of aromatic nitrogens is 1. The van der Waals surface area contributed by atoms with E-state index in [2.05, 4.69) is 53.3 Å². The summed E-state index contributed by atoms with van der Waals surface area (Å²) in [6, 6.07) is 12.7. The van der Waals surface area contributed by atoms with Gasteiger partial charge in [0.25, 0.3) is 5.91 Å². The first-order valence-corrected chi connectivity index (χ1v) is 9.02. The molecule has 3 nitrogen and oxygen atoms in total. The van der Waals surface area contributed by atoms with E-state index < -0.39 is 0 Å². The Morgan fingerprint density at radius 3 is 2.78 bits per heavy atom. The molecule has 0 saturated carbocycles. The third-order valence-corrected chi connectivity index (χ3v) is 5.49. The van der Waals surface area contributed by atoms with E-state index in [0.29, 0.717) is 0 Å². The molecule has 2 aromatic heterocycles. The van der Waals surface area contributed by atoms with E-state index >= 15 is 0 Å². The van der Waals surface area contributed by atoms with Crippen LogP contribution in [0.2, 0.25) is 0 Å². The molecule has 4 rings (SSSR count). The summed E-state index contributed by atoms with van der Waals surface area (Å²) < 4.78 is 2.19. The van der Waals surface area contributed by atoms with Gasteiger partial charge >= 0.3 is 0 Å². The highest BCUT2D eigenvalue weighted by molar-refractivity contribution is 7.16. The molecule has 0 spiro atoms. The van der Waals surface area contributed by atoms with Gasteiger partial charge in [-0.2, -0.15) is 0 Å². The third-order valence-electron chi connectivity index (χ3n) is 4.54. The summed E-state index contributed by atoms with van der Waals surface area (Å²) in [5, 5.41) is 3.27. The Balaban J connectivity index is 1.75. The second-order valence-corrected chi connectivity index (χ2v) is 7.18. The van der Waals surface area contributed by atoms with E-state index in [4.69, 9.17) is 0 Å². The molecule has 1 saturated heterocycles. The molecule has 0 bridgehead atoms. The number of carbonyl (C=O) groups is 1. The van der Waals surface area contributed by atoms with Gasteiger partial charge in [0.2, 0.25) is 0 Å². The molecule has 0 atom stereocenters. The molecular formula is C19H20N2OS. The average Bonchev–Trinajstić information content (AvgIpc) is 3.25. The summed E-state index contributed by atoms with van der Waals surface area (Å²) in [6.45, 7) is 4.64. The van der Waals surface area contributed by atoms with Crippen LogP contribution in [-0.2, 0) is 6.54 Å². The normalized spacial score (nSPS) is 14.7. The summed E-state index contributed by atoms with van der Waals surface area (Å²) in [6.07, 6.45) is 2.25. The number of amides is 1. The van der Waals surface area contributed by atoms with Crippen LogP contribution in [0.4, 0.5) is 0 Å². The van der Waals surface area contributed by atoms with Gasteiger partial charge in [-0.15, -0.1) is 11.3 Å². The predicted molar refractivity (Wildman–Crippen MR) is 95.2 cm³/mol. The Morgan fingerprint density at radius 1 is 1.17 bits per heavy atom. The molecule has 4 heteroatoms. The van der Waals surface area contributed by atoms with E-state index in [-0.39, 0.29) is 5.91 Å². The number of fused-ring (bicyclic) bond motifs is 1. The largest absolute Gasteiger partial charge is 0.337 e. The quantitative estimate of drug-likeness (QED) is 0.705. The standard InChI is InChI=1S/C19H20N2OS/c1-14-5-4-6-15(11-14)13-21-17(12-16-7-10-23-19(16)21)18(22)20-8-2-3-9-20/h4-7,10-12H,2-3,8-9,13H2,1H3. The lowest BCUT2D eigenvalue weighted by Gasteiger charge is -2.17. The first-order chi connectivity index (χ1) is 11.2. The van der Waals surface area contributed by atoms with Crippen LogP contribution in [0.1, 0.15) is 34.5 Å². The first-order valence-electron chi connectivity index (χ1n) is 8.14. The van der Waals surface area contributed by atoms with Gasteiger partial charge in [0.05, 0.1) is 0 Å². The van der Waals surface area contributed by atoms with Crippen molar-refractivity contribution in [2.75, 3.05) is 13.1 Å². The van der Waals surface area contributed by atoms with Crippen molar-refractivity contribution in [3.63, 3.8) is 0 Å². The van der Waals surface area contributed by atoms with Crippen LogP contribution in [0.25, 0.3) is 10.2 Å². The molecule has 0 N–H and O–H groups in total. The molecule has 3 heterocycles. The monoisotopic (exact) mass is 324 g/mol. The Morgan fingerprint density at radius 2 is 2.00 bits per heavy atom. The van der Waals surface area contributed by atoms with Crippen LogP contribution in [0.15, 0.2) is 41.8 Å². The van der Waals surface area contributed by atoms with Crippen LogP contribution in [0, 0.1) is 6.92 Å². The Kier molecular flexibility index (Phi) is 3.69. The summed E-state index contributed by atoms with van der Waals surface area (Å²) in [5.74, 6) is 0.179. The SMILES string of the molecule is Cc1cccc(Cn2c(C(=O)N3CCCC3)cc3ccsc32)c1. The van der Waals surface area contributed by atoms with Crippen LogP contribution in [0.3, 0.4) is 0 Å². The van der Waals surface area contributed by atoms with E-state index in [9.17, 15) is 4.79 Å². The zero-order valence-corrected chi connectivity index (χ0v) is 14.1. The predicted octanol–water partition coefficient (Wildman–Crippen LogP) is 4.30. The number of hydrogen-bond acceptors (Lipinski definition) is 2. The van der Waals surface area contributed by atoms with Crippen molar-refractivity contribution >= 4 is 27.5 Å². The summed E-state index contributed by atoms with van der Waals surface area (Å²) in [4.78, 5) is 16.1. The number of hydrogen-bond donors (Lipinski definition) is 0. The zero-order chi connectivity index (χ0) is 15.8. The number of rotatable bonds is 3. The van der Waals surface area contributed by atoms with Crippen LogP contribution in [0.5, 0.6) is 0 Å². The van der Waals surface area contributed by atoms with E-state index in [1.165, 1.54) is 21.3 Å². The molecule has 1 aromatic carbocycles. The summed E-state index contributed by atoms with van der Waals surface area (Å²) in [7, 11) is 0. The molecule has 23 heavy (non-hydrogen) atoms. The minimum atomic E-state index is 0.179. The Bertz CT molecular complexity index is 855. The molecular weight excluding hydrogens is 304 g/mol. The lowest BCUT2D eigenvalue weighted by Crippen LogP contribution is -2.29. The number of nitrogens with zero attached hydrogens (tertiary/aromatic N) is 2. The highest BCUT2D eigenvalue weighted by Crippen LogP contribution is 2.28. The first kappa shape index (κ1) is 14.5. The number of likely N-dealkylation sites (tertiary alicyclic amines) is 1. The van der Waals surface area contributed by atoms with Crippen molar-refractivity contribution < 1.29 is 4.79 Å². The van der Waals surface area contributed by atoms with Gasteiger partial charge in [-0.1, -0.05) is 29.8 Å². The highest BCUT2D eigenvalue weighted by Gasteiger charge is 2.24. The number of carbonyl (C=O) groups excluding carboxylic acids is 1. The van der Waals surface area contributed by atoms with E-state index in [1.807, 2.05) is 4.90 Å². The van der Waals surface area contributed by atoms with Gasteiger partial charge in [0, 0.05) is 25.0 Å². The smallest absolute Gasteiger partial charge is 0.270 e. The van der Waals surface area contributed by atoms with Gasteiger partial charge in [0.15, 0.2) is 0 Å². The molecule has 0 radical (unpaired) electrons. The van der Waals surface area contributed by atoms with Crippen molar-refractivity contribution in [2.45, 2.75) is 26.3 Å². The summed E-state index contributed by atoms with van der Waals surface area (Å²) in [5.41, 5.74) is 3.33. The number of thiophene rings is 1. The van der Waals surface area contributed by atoms with Crippen LogP contribution in [-0.4, -0.2) is 28.5 Å². The molecule has 0 unspecified atom stereocenters. The fourth-order valence-corrected chi connectivity index (χ4v) is 4.28. The van der Waals surface area contributed by atoms with E-state index in [0.717, 1.165) is 38.2 Å². The molecule has 118 valence electrons. The maximum atomic E-state index is 12.9. The molecule has 1 fully saturated rings. The van der Waals surface area contributed by atoms with Gasteiger partial charge < -0.3 is 9.47 Å². The number of aryl methyl sites for hydroxylation is 1. The maximum Gasteiger partial charge on any atom is 0.270 e.